The van der Waals surface area contributed by atoms with Gasteiger partial charge in [0.15, 0.2) is 6.10 Å². The van der Waals surface area contributed by atoms with Crippen molar-refractivity contribution in [3.05, 3.63) is 64.8 Å². The summed E-state index contributed by atoms with van der Waals surface area (Å²) in [5, 5.41) is 19.4. The number of ether oxygens (including phenoxy) is 1. The number of fused-ring (bicyclic) bond motifs is 1. The van der Waals surface area contributed by atoms with Crippen molar-refractivity contribution in [3.63, 3.8) is 0 Å². The molecule has 0 saturated heterocycles. The molecule has 0 aliphatic rings. The van der Waals surface area contributed by atoms with Gasteiger partial charge in [-0.05, 0) is 61.7 Å². The van der Waals surface area contributed by atoms with Gasteiger partial charge in [-0.3, -0.25) is 0 Å². The number of nitrogens with zero attached hydrogens (tertiary/aromatic N) is 1. The van der Waals surface area contributed by atoms with E-state index in [1.165, 1.54) is 0 Å². The van der Waals surface area contributed by atoms with Crippen LogP contribution < -0.4 is 4.74 Å². The van der Waals surface area contributed by atoms with Crippen LogP contribution in [0.5, 0.6) is 5.75 Å². The number of aryl methyl sites for hydroxylation is 1. The summed E-state index contributed by atoms with van der Waals surface area (Å²) >= 11 is 0. The molecule has 6 nitrogen and oxygen atoms in total. The molecule has 0 radical (unpaired) electrons. The van der Waals surface area contributed by atoms with Gasteiger partial charge in [0, 0.05) is 23.1 Å². The van der Waals surface area contributed by atoms with Gasteiger partial charge in [-0.15, -0.1) is 0 Å². The maximum Gasteiger partial charge on any atom is 0.344 e. The van der Waals surface area contributed by atoms with Crippen LogP contribution in [0.15, 0.2) is 42.5 Å². The summed E-state index contributed by atoms with van der Waals surface area (Å²) in [6.07, 6.45) is -0.493. The van der Waals surface area contributed by atoms with Crippen molar-refractivity contribution in [2.45, 2.75) is 39.8 Å². The number of aromatic carboxylic acids is 1. The largest absolute Gasteiger partial charge is 0.479 e. The highest BCUT2D eigenvalue weighted by Crippen LogP contribution is 2.28. The van der Waals surface area contributed by atoms with E-state index in [4.69, 9.17) is 4.74 Å². The molecule has 146 valence electrons. The zero-order chi connectivity index (χ0) is 20.4. The fourth-order valence-electron chi connectivity index (χ4n) is 3.36. The van der Waals surface area contributed by atoms with E-state index < -0.39 is 18.0 Å². The summed E-state index contributed by atoms with van der Waals surface area (Å²) < 4.78 is 7.72. The SMILES string of the molecule is CC[C@@H](Oc1cccc(Cn2c(C)c(C)c3cc(C(=O)O)ccc32)c1)C(=O)O. The van der Waals surface area contributed by atoms with E-state index in [1.54, 1.807) is 25.1 Å². The molecule has 0 fully saturated rings. The van der Waals surface area contributed by atoms with E-state index >= 15 is 0 Å². The van der Waals surface area contributed by atoms with Crippen molar-refractivity contribution < 1.29 is 24.5 Å². The number of carboxylic acid groups (broad SMARTS) is 2. The molecule has 1 atom stereocenters. The molecule has 0 aliphatic heterocycles. The Morgan fingerprint density at radius 2 is 1.86 bits per heavy atom. The Labute approximate surface area is 163 Å². The summed E-state index contributed by atoms with van der Waals surface area (Å²) in [6, 6.07) is 12.5. The van der Waals surface area contributed by atoms with Gasteiger partial charge in [-0.1, -0.05) is 19.1 Å². The smallest absolute Gasteiger partial charge is 0.344 e. The highest BCUT2D eigenvalue weighted by Gasteiger charge is 2.17. The molecule has 1 heterocycles. The number of carboxylic acids is 2. The summed E-state index contributed by atoms with van der Waals surface area (Å²) in [4.78, 5) is 22.5. The Morgan fingerprint density at radius 1 is 1.11 bits per heavy atom. The lowest BCUT2D eigenvalue weighted by Gasteiger charge is -2.15. The van der Waals surface area contributed by atoms with E-state index in [2.05, 4.69) is 4.57 Å². The summed E-state index contributed by atoms with van der Waals surface area (Å²) in [7, 11) is 0. The third-order valence-corrected chi connectivity index (χ3v) is 5.05. The van der Waals surface area contributed by atoms with Crippen LogP contribution in [-0.2, 0) is 11.3 Å². The molecule has 0 bridgehead atoms. The molecule has 0 spiro atoms. The second-order valence-corrected chi connectivity index (χ2v) is 6.83. The van der Waals surface area contributed by atoms with E-state index in [9.17, 15) is 19.8 Å². The van der Waals surface area contributed by atoms with Crippen molar-refractivity contribution in [1.29, 1.82) is 0 Å². The molecule has 2 N–H and O–H groups in total. The lowest BCUT2D eigenvalue weighted by Crippen LogP contribution is -2.25. The van der Waals surface area contributed by atoms with Gasteiger partial charge >= 0.3 is 11.9 Å². The van der Waals surface area contributed by atoms with E-state index in [0.717, 1.165) is 27.7 Å². The molecule has 3 aromatic rings. The fourth-order valence-corrected chi connectivity index (χ4v) is 3.36. The van der Waals surface area contributed by atoms with E-state index in [-0.39, 0.29) is 5.56 Å². The minimum atomic E-state index is -0.981. The van der Waals surface area contributed by atoms with Crippen LogP contribution >= 0.6 is 0 Å². The Bertz CT molecular complexity index is 1050. The molecular weight excluding hydrogens is 358 g/mol. The Balaban J connectivity index is 1.95. The average molecular weight is 381 g/mol. The third kappa shape index (κ3) is 3.71. The monoisotopic (exact) mass is 381 g/mol. The van der Waals surface area contributed by atoms with Gasteiger partial charge in [0.25, 0.3) is 0 Å². The van der Waals surface area contributed by atoms with Crippen molar-refractivity contribution in [3.8, 4) is 5.75 Å². The van der Waals surface area contributed by atoms with Crippen molar-refractivity contribution in [2.24, 2.45) is 0 Å². The second kappa shape index (κ2) is 7.76. The van der Waals surface area contributed by atoms with Crippen LogP contribution in [0.25, 0.3) is 10.9 Å². The molecule has 3 rings (SSSR count). The number of rotatable bonds is 7. The van der Waals surface area contributed by atoms with Crippen molar-refractivity contribution in [1.82, 2.24) is 4.57 Å². The predicted octanol–water partition coefficient (Wildman–Crippen LogP) is 4.25. The van der Waals surface area contributed by atoms with Gasteiger partial charge in [0.05, 0.1) is 5.56 Å². The molecule has 28 heavy (non-hydrogen) atoms. The van der Waals surface area contributed by atoms with Crippen LogP contribution in [0.1, 0.15) is 40.5 Å². The van der Waals surface area contributed by atoms with Crippen LogP contribution in [0, 0.1) is 13.8 Å². The average Bonchev–Trinajstić information content (AvgIpc) is 2.90. The number of benzene rings is 2. The molecule has 2 aromatic carbocycles. The topological polar surface area (TPSA) is 88.8 Å². The van der Waals surface area contributed by atoms with Gasteiger partial charge in [0.2, 0.25) is 0 Å². The number of aromatic nitrogens is 1. The summed E-state index contributed by atoms with van der Waals surface area (Å²) in [5.74, 6) is -1.41. The maximum atomic E-state index is 11.3. The minimum Gasteiger partial charge on any atom is -0.479 e. The molecule has 0 amide bonds. The fraction of sp³-hybridized carbons (Fsp3) is 0.273. The zero-order valence-electron chi connectivity index (χ0n) is 16.1. The predicted molar refractivity (Wildman–Crippen MR) is 106 cm³/mol. The standard InChI is InChI=1S/C22H23NO5/c1-4-20(22(26)27)28-17-7-5-6-15(10-17)12-23-14(3)13(2)18-11-16(21(24)25)8-9-19(18)23/h5-11,20H,4,12H2,1-3H3,(H,24,25)(H,26,27)/t20-/m1/s1. The Kier molecular flexibility index (Phi) is 5.40. The zero-order valence-corrected chi connectivity index (χ0v) is 16.1. The number of hydrogen-bond donors (Lipinski definition) is 2. The van der Waals surface area contributed by atoms with Gasteiger partial charge in [-0.2, -0.15) is 0 Å². The summed E-state index contributed by atoms with van der Waals surface area (Å²) in [6.45, 7) is 6.33. The first kappa shape index (κ1) is 19.5. The Morgan fingerprint density at radius 3 is 2.50 bits per heavy atom. The molecule has 0 unspecified atom stereocenters. The van der Waals surface area contributed by atoms with Crippen LogP contribution in [0.2, 0.25) is 0 Å². The van der Waals surface area contributed by atoms with Crippen LogP contribution in [0.3, 0.4) is 0 Å². The van der Waals surface area contributed by atoms with E-state index in [1.807, 2.05) is 38.1 Å². The van der Waals surface area contributed by atoms with Crippen LogP contribution in [0.4, 0.5) is 0 Å². The molecule has 1 aromatic heterocycles. The van der Waals surface area contributed by atoms with Crippen molar-refractivity contribution in [2.75, 3.05) is 0 Å². The Hall–Kier alpha value is -3.28. The van der Waals surface area contributed by atoms with Crippen molar-refractivity contribution >= 4 is 22.8 Å². The third-order valence-electron chi connectivity index (χ3n) is 5.05. The lowest BCUT2D eigenvalue weighted by molar-refractivity contribution is -0.145. The first-order valence-electron chi connectivity index (χ1n) is 9.13. The lowest BCUT2D eigenvalue weighted by atomic mass is 10.1. The molecule has 0 aliphatic carbocycles. The van der Waals surface area contributed by atoms with E-state index in [0.29, 0.717) is 18.7 Å². The molecule has 0 saturated carbocycles. The number of hydrogen-bond acceptors (Lipinski definition) is 3. The first-order valence-corrected chi connectivity index (χ1v) is 9.13. The summed E-state index contributed by atoms with van der Waals surface area (Å²) in [5.41, 5.74) is 4.30. The second-order valence-electron chi connectivity index (χ2n) is 6.83. The molecule has 6 heteroatoms. The highest BCUT2D eigenvalue weighted by atomic mass is 16.5. The number of aliphatic carboxylic acids is 1. The molecular formula is C22H23NO5. The quantitative estimate of drug-likeness (QED) is 0.639. The van der Waals surface area contributed by atoms with Gasteiger partial charge < -0.3 is 19.5 Å². The van der Waals surface area contributed by atoms with Crippen LogP contribution in [-0.4, -0.2) is 32.8 Å². The van der Waals surface area contributed by atoms with Gasteiger partial charge in [0.1, 0.15) is 5.75 Å². The number of carbonyl (C=O) groups is 2. The maximum absolute atomic E-state index is 11.3. The highest BCUT2D eigenvalue weighted by molar-refractivity contribution is 5.95. The first-order chi connectivity index (χ1) is 13.3. The minimum absolute atomic E-state index is 0.266. The normalized spacial score (nSPS) is 12.1. The van der Waals surface area contributed by atoms with Gasteiger partial charge in [-0.25, -0.2) is 9.59 Å².